The summed E-state index contributed by atoms with van der Waals surface area (Å²) in [6.45, 7) is 7.15. The summed E-state index contributed by atoms with van der Waals surface area (Å²) in [4.78, 5) is 6.84. The van der Waals surface area contributed by atoms with Gasteiger partial charge >= 0.3 is 0 Å². The van der Waals surface area contributed by atoms with Crippen molar-refractivity contribution in [3.63, 3.8) is 0 Å². The maximum Gasteiger partial charge on any atom is 0.211 e. The highest BCUT2D eigenvalue weighted by atomic mass is 35.5. The Bertz CT molecular complexity index is 1070. The van der Waals surface area contributed by atoms with E-state index in [9.17, 15) is 8.42 Å². The number of sulfonamides is 1. The Hall–Kier alpha value is -1.26. The Morgan fingerprint density at radius 1 is 1.38 bits per heavy atom. The molecule has 6 nitrogen and oxygen atoms in total. The second kappa shape index (κ2) is 9.26. The third kappa shape index (κ3) is 6.36. The van der Waals surface area contributed by atoms with Crippen LogP contribution in [-0.4, -0.2) is 49.2 Å². The van der Waals surface area contributed by atoms with Crippen LogP contribution in [0.15, 0.2) is 29.4 Å². The first-order valence-electron chi connectivity index (χ1n) is 8.87. The highest BCUT2D eigenvalue weighted by Crippen LogP contribution is 2.26. The minimum Gasteiger partial charge on any atom is -0.496 e. The molecule has 0 aliphatic heterocycles. The van der Waals surface area contributed by atoms with E-state index in [4.69, 9.17) is 28.6 Å². The highest BCUT2D eigenvalue weighted by Gasteiger charge is 2.19. The lowest BCUT2D eigenvalue weighted by Gasteiger charge is -2.15. The first-order chi connectivity index (χ1) is 13.3. The predicted molar refractivity (Wildman–Crippen MR) is 124 cm³/mol. The Balaban J connectivity index is 2.48. The van der Waals surface area contributed by atoms with Crippen molar-refractivity contribution in [1.29, 1.82) is 0 Å². The highest BCUT2D eigenvalue weighted by molar-refractivity contribution is 7.88. The van der Waals surface area contributed by atoms with Gasteiger partial charge in [-0.05, 0) is 23.6 Å². The molecule has 1 heterocycles. The summed E-state index contributed by atoms with van der Waals surface area (Å²) in [5, 5.41) is 0.544. The van der Waals surface area contributed by atoms with E-state index in [1.165, 1.54) is 21.9 Å². The van der Waals surface area contributed by atoms with Crippen molar-refractivity contribution in [2.24, 2.45) is 4.99 Å². The van der Waals surface area contributed by atoms with Crippen LogP contribution in [0.25, 0.3) is 0 Å². The van der Waals surface area contributed by atoms with Crippen LogP contribution >= 0.6 is 35.2 Å². The van der Waals surface area contributed by atoms with Crippen LogP contribution in [0.3, 0.4) is 0 Å². The van der Waals surface area contributed by atoms with E-state index in [2.05, 4.69) is 25.8 Å². The number of likely N-dealkylation sites (N-methyl/N-ethyl adjacent to an activating group) is 1. The van der Waals surface area contributed by atoms with Gasteiger partial charge in [0.05, 0.1) is 18.9 Å². The van der Waals surface area contributed by atoms with Crippen molar-refractivity contribution in [3.05, 3.63) is 44.7 Å². The average molecular weight is 476 g/mol. The Kier molecular flexibility index (Phi) is 7.67. The lowest BCUT2D eigenvalue weighted by atomic mass is 9.95. The maximum absolute atomic E-state index is 11.7. The molecule has 2 rings (SSSR count). The van der Waals surface area contributed by atoms with Crippen LogP contribution in [0.4, 0.5) is 0 Å². The molecule has 10 heteroatoms. The van der Waals surface area contributed by atoms with Gasteiger partial charge in [-0.15, -0.1) is 11.3 Å². The molecular weight excluding hydrogens is 450 g/mol. The minimum atomic E-state index is -3.25. The standard InChI is InChI=1S/C19H26ClN3O3S3/c1-19(2,3)16-12-23(10-9-22(4)29(6,24)25)18(28-16)21-17(27)14-11-13(20)7-8-15(14)26-5/h7-8,11-12H,9-10H2,1-6H3/b21-18-. The van der Waals surface area contributed by atoms with Crippen LogP contribution in [0.1, 0.15) is 31.2 Å². The number of benzene rings is 1. The van der Waals surface area contributed by atoms with Gasteiger partial charge in [0, 0.05) is 36.2 Å². The molecule has 29 heavy (non-hydrogen) atoms. The van der Waals surface area contributed by atoms with Crippen molar-refractivity contribution in [2.75, 3.05) is 27.0 Å². The second-order valence-corrected chi connectivity index (χ2v) is 11.6. The van der Waals surface area contributed by atoms with Gasteiger partial charge in [0.1, 0.15) is 10.7 Å². The number of nitrogens with zero attached hydrogens (tertiary/aromatic N) is 3. The van der Waals surface area contributed by atoms with Crippen molar-refractivity contribution in [1.82, 2.24) is 8.87 Å². The molecular formula is C19H26ClN3O3S3. The predicted octanol–water partition coefficient (Wildman–Crippen LogP) is 3.68. The molecule has 2 aromatic rings. The number of aromatic nitrogens is 1. The number of hydrogen-bond acceptors (Lipinski definition) is 5. The number of methoxy groups -OCH3 is 1. The van der Waals surface area contributed by atoms with Gasteiger partial charge in [0.2, 0.25) is 10.0 Å². The van der Waals surface area contributed by atoms with Gasteiger partial charge in [-0.25, -0.2) is 17.7 Å². The molecule has 0 aliphatic carbocycles. The molecule has 0 aliphatic rings. The molecule has 160 valence electrons. The fourth-order valence-corrected chi connectivity index (χ4v) is 4.35. The Morgan fingerprint density at radius 2 is 2.03 bits per heavy atom. The molecule has 0 amide bonds. The van der Waals surface area contributed by atoms with Gasteiger partial charge in [-0.2, -0.15) is 0 Å². The zero-order chi connectivity index (χ0) is 22.0. The lowest BCUT2D eigenvalue weighted by Crippen LogP contribution is -2.31. The van der Waals surface area contributed by atoms with E-state index in [0.29, 0.717) is 39.2 Å². The molecule has 0 bridgehead atoms. The number of thiazole rings is 1. The zero-order valence-electron chi connectivity index (χ0n) is 17.4. The maximum atomic E-state index is 11.7. The van der Waals surface area contributed by atoms with Gasteiger partial charge in [-0.1, -0.05) is 44.6 Å². The molecule has 0 atom stereocenters. The Labute approximate surface area is 186 Å². The zero-order valence-corrected chi connectivity index (χ0v) is 20.6. The van der Waals surface area contributed by atoms with E-state index in [1.54, 1.807) is 32.4 Å². The fraction of sp³-hybridized carbons (Fsp3) is 0.474. The van der Waals surface area contributed by atoms with E-state index in [-0.39, 0.29) is 5.41 Å². The monoisotopic (exact) mass is 475 g/mol. The topological polar surface area (TPSA) is 63.9 Å². The molecule has 0 radical (unpaired) electrons. The number of hydrogen-bond donors (Lipinski definition) is 0. The summed E-state index contributed by atoms with van der Waals surface area (Å²) in [6, 6.07) is 5.21. The van der Waals surface area contributed by atoms with E-state index < -0.39 is 10.0 Å². The molecule has 0 unspecified atom stereocenters. The third-order valence-corrected chi connectivity index (χ3v) is 7.58. The lowest BCUT2D eigenvalue weighted by molar-refractivity contribution is 0.414. The van der Waals surface area contributed by atoms with Crippen LogP contribution in [0.2, 0.25) is 5.02 Å². The summed E-state index contributed by atoms with van der Waals surface area (Å²) in [7, 11) is -0.122. The number of ether oxygens (including phenoxy) is 1. The van der Waals surface area contributed by atoms with Crippen LogP contribution in [-0.2, 0) is 22.0 Å². The van der Waals surface area contributed by atoms with E-state index in [1.807, 2.05) is 10.8 Å². The molecule has 1 aromatic carbocycles. The van der Waals surface area contributed by atoms with Gasteiger partial charge in [-0.3, -0.25) is 0 Å². The van der Waals surface area contributed by atoms with E-state index >= 15 is 0 Å². The summed E-state index contributed by atoms with van der Waals surface area (Å²) >= 11 is 13.2. The second-order valence-electron chi connectivity index (χ2n) is 7.67. The van der Waals surface area contributed by atoms with Crippen LogP contribution in [0, 0.1) is 0 Å². The van der Waals surface area contributed by atoms with Crippen molar-refractivity contribution in [2.45, 2.75) is 32.7 Å². The number of halogens is 1. The van der Waals surface area contributed by atoms with E-state index in [0.717, 1.165) is 4.88 Å². The molecule has 0 spiro atoms. The third-order valence-electron chi connectivity index (χ3n) is 4.27. The first-order valence-corrected chi connectivity index (χ1v) is 12.3. The van der Waals surface area contributed by atoms with Crippen molar-refractivity contribution >= 4 is 50.2 Å². The summed E-state index contributed by atoms with van der Waals surface area (Å²) < 4.78 is 32.1. The largest absolute Gasteiger partial charge is 0.496 e. The summed E-state index contributed by atoms with van der Waals surface area (Å²) in [5.74, 6) is 0.596. The fourth-order valence-electron chi connectivity index (χ4n) is 2.38. The molecule has 0 fully saturated rings. The van der Waals surface area contributed by atoms with Gasteiger partial charge in [0.15, 0.2) is 4.80 Å². The minimum absolute atomic E-state index is 0.0711. The normalized spacial score (nSPS) is 13.2. The SMILES string of the molecule is COc1ccc(Cl)cc1C(=S)/N=c1\sc(C(C)(C)C)cn1CCN(C)S(C)(=O)=O. The van der Waals surface area contributed by atoms with Crippen LogP contribution < -0.4 is 9.54 Å². The summed E-state index contributed by atoms with van der Waals surface area (Å²) in [5.41, 5.74) is 0.568. The first kappa shape index (κ1) is 24.0. The molecule has 1 aromatic heterocycles. The molecule has 0 N–H and O–H groups in total. The number of thiocarbonyl (C=S) groups is 1. The van der Waals surface area contributed by atoms with Crippen molar-refractivity contribution < 1.29 is 13.2 Å². The van der Waals surface area contributed by atoms with Crippen LogP contribution in [0.5, 0.6) is 5.75 Å². The molecule has 0 saturated heterocycles. The Morgan fingerprint density at radius 3 is 2.59 bits per heavy atom. The molecule has 0 saturated carbocycles. The van der Waals surface area contributed by atoms with Crippen molar-refractivity contribution in [3.8, 4) is 5.75 Å². The summed E-state index contributed by atoms with van der Waals surface area (Å²) in [6.07, 6.45) is 3.20. The smallest absolute Gasteiger partial charge is 0.211 e. The number of rotatable bonds is 6. The van der Waals surface area contributed by atoms with Gasteiger partial charge in [0.25, 0.3) is 0 Å². The quantitative estimate of drug-likeness (QED) is 0.598. The van der Waals surface area contributed by atoms with Gasteiger partial charge < -0.3 is 9.30 Å². The average Bonchev–Trinajstić information content (AvgIpc) is 3.01.